The van der Waals surface area contributed by atoms with Crippen molar-refractivity contribution in [3.05, 3.63) is 29.3 Å². The van der Waals surface area contributed by atoms with E-state index in [1.807, 2.05) is 0 Å². The molecule has 3 N–H and O–H groups in total. The number of imide groups is 2. The Hall–Kier alpha value is -3.47. The zero-order valence-corrected chi connectivity index (χ0v) is 19.6. The molecule has 3 aliphatic rings. The molecule has 1 unspecified atom stereocenters. The van der Waals surface area contributed by atoms with Gasteiger partial charge in [0.2, 0.25) is 11.8 Å². The SMILES string of the molecule is CNC(=O)OCCCOC1CCC(Nc2cccc3c2C(=O)N(C2CCC(=O)NC2=O)C3=O)CC1. The summed E-state index contributed by atoms with van der Waals surface area (Å²) in [4.78, 5) is 62.0. The molecule has 0 aromatic heterocycles. The van der Waals surface area contributed by atoms with Crippen molar-refractivity contribution in [3.8, 4) is 0 Å². The van der Waals surface area contributed by atoms with Gasteiger partial charge in [-0.1, -0.05) is 6.07 Å². The number of ether oxygens (including phenoxy) is 2. The van der Waals surface area contributed by atoms with Crippen LogP contribution in [-0.4, -0.2) is 73.1 Å². The van der Waals surface area contributed by atoms with Crippen molar-refractivity contribution >= 4 is 35.4 Å². The van der Waals surface area contributed by atoms with E-state index in [0.717, 1.165) is 30.6 Å². The minimum absolute atomic E-state index is 0.0846. The van der Waals surface area contributed by atoms with Gasteiger partial charge in [-0.25, -0.2) is 4.79 Å². The van der Waals surface area contributed by atoms with Gasteiger partial charge >= 0.3 is 6.09 Å². The van der Waals surface area contributed by atoms with Gasteiger partial charge in [-0.15, -0.1) is 0 Å². The van der Waals surface area contributed by atoms with Crippen LogP contribution in [0.3, 0.4) is 0 Å². The number of nitrogens with zero attached hydrogens (tertiary/aromatic N) is 1. The van der Waals surface area contributed by atoms with Crippen LogP contribution in [0.25, 0.3) is 0 Å². The fraction of sp³-hybridized carbons (Fsp3) is 0.542. The fourth-order valence-corrected chi connectivity index (χ4v) is 4.77. The van der Waals surface area contributed by atoms with Crippen LogP contribution in [0.2, 0.25) is 0 Å². The highest BCUT2D eigenvalue weighted by Gasteiger charge is 2.45. The van der Waals surface area contributed by atoms with E-state index in [2.05, 4.69) is 16.0 Å². The summed E-state index contributed by atoms with van der Waals surface area (Å²) in [6.07, 6.45) is 3.87. The number of hydrogen-bond donors (Lipinski definition) is 3. The van der Waals surface area contributed by atoms with Crippen molar-refractivity contribution in [1.82, 2.24) is 15.5 Å². The number of nitrogens with one attached hydrogen (secondary N) is 3. The van der Waals surface area contributed by atoms with Crippen LogP contribution < -0.4 is 16.0 Å². The Morgan fingerprint density at radius 3 is 2.54 bits per heavy atom. The predicted octanol–water partition coefficient (Wildman–Crippen LogP) is 1.57. The van der Waals surface area contributed by atoms with Crippen LogP contribution in [-0.2, 0) is 19.1 Å². The number of rotatable bonds is 8. The first-order valence-electron chi connectivity index (χ1n) is 12.0. The molecule has 0 bridgehead atoms. The van der Waals surface area contributed by atoms with Gasteiger partial charge in [-0.3, -0.25) is 29.4 Å². The average Bonchev–Trinajstić information content (AvgIpc) is 3.10. The summed E-state index contributed by atoms with van der Waals surface area (Å²) < 4.78 is 10.8. The highest BCUT2D eigenvalue weighted by atomic mass is 16.5. The predicted molar refractivity (Wildman–Crippen MR) is 124 cm³/mol. The van der Waals surface area contributed by atoms with E-state index in [1.165, 1.54) is 7.05 Å². The van der Waals surface area contributed by atoms with Gasteiger partial charge < -0.3 is 20.1 Å². The molecule has 1 aromatic carbocycles. The van der Waals surface area contributed by atoms with E-state index in [9.17, 15) is 24.0 Å². The van der Waals surface area contributed by atoms with Crippen molar-refractivity contribution in [3.63, 3.8) is 0 Å². The van der Waals surface area contributed by atoms with Gasteiger partial charge in [-0.2, -0.15) is 0 Å². The lowest BCUT2D eigenvalue weighted by Crippen LogP contribution is -2.54. The molecule has 1 aliphatic carbocycles. The zero-order chi connectivity index (χ0) is 24.9. The summed E-state index contributed by atoms with van der Waals surface area (Å²) in [6, 6.07) is 4.21. The van der Waals surface area contributed by atoms with Crippen LogP contribution >= 0.6 is 0 Å². The summed E-state index contributed by atoms with van der Waals surface area (Å²) >= 11 is 0. The summed E-state index contributed by atoms with van der Waals surface area (Å²) in [7, 11) is 1.51. The Balaban J connectivity index is 1.31. The first-order chi connectivity index (χ1) is 16.9. The highest BCUT2D eigenvalue weighted by molar-refractivity contribution is 6.25. The zero-order valence-electron chi connectivity index (χ0n) is 19.6. The summed E-state index contributed by atoms with van der Waals surface area (Å²) in [5.41, 5.74) is 1.11. The maximum Gasteiger partial charge on any atom is 0.406 e. The molecule has 1 saturated carbocycles. The second-order valence-electron chi connectivity index (χ2n) is 8.90. The first-order valence-corrected chi connectivity index (χ1v) is 12.0. The minimum Gasteiger partial charge on any atom is -0.449 e. The molecule has 0 spiro atoms. The number of benzene rings is 1. The van der Waals surface area contributed by atoms with Gasteiger partial charge in [-0.05, 0) is 44.2 Å². The number of amides is 5. The summed E-state index contributed by atoms with van der Waals surface area (Å²) in [5.74, 6) is -2.05. The monoisotopic (exact) mass is 486 g/mol. The molecule has 1 saturated heterocycles. The van der Waals surface area contributed by atoms with Gasteiger partial charge in [0.1, 0.15) is 6.04 Å². The Morgan fingerprint density at radius 1 is 1.06 bits per heavy atom. The summed E-state index contributed by atoms with van der Waals surface area (Å²) in [5, 5.41) is 8.02. The maximum atomic E-state index is 13.2. The molecule has 5 amide bonds. The second kappa shape index (κ2) is 10.9. The number of carbonyl (C=O) groups excluding carboxylic acids is 5. The highest BCUT2D eigenvalue weighted by Crippen LogP contribution is 2.34. The summed E-state index contributed by atoms with van der Waals surface area (Å²) in [6.45, 7) is 0.816. The maximum absolute atomic E-state index is 13.2. The molecule has 188 valence electrons. The molecule has 2 heterocycles. The third kappa shape index (κ3) is 5.45. The number of fused-ring (bicyclic) bond motifs is 1. The van der Waals surface area contributed by atoms with Crippen LogP contribution in [0.1, 0.15) is 65.7 Å². The number of hydrogen-bond acceptors (Lipinski definition) is 8. The molecular weight excluding hydrogens is 456 g/mol. The van der Waals surface area contributed by atoms with Crippen molar-refractivity contribution in [2.75, 3.05) is 25.6 Å². The minimum atomic E-state index is -0.984. The Kier molecular flexibility index (Phi) is 7.64. The topological polar surface area (TPSA) is 143 Å². The van der Waals surface area contributed by atoms with Gasteiger partial charge in [0.25, 0.3) is 11.8 Å². The molecule has 11 nitrogen and oxygen atoms in total. The molecule has 11 heteroatoms. The number of anilines is 1. The van der Waals surface area contributed by atoms with Crippen molar-refractivity contribution < 1.29 is 33.4 Å². The number of piperidine rings is 1. The molecule has 4 rings (SSSR count). The van der Waals surface area contributed by atoms with Crippen molar-refractivity contribution in [2.45, 2.75) is 63.1 Å². The van der Waals surface area contributed by atoms with Crippen LogP contribution in [0, 0.1) is 0 Å². The standard InChI is InChI=1S/C24H30N4O7/c1-25-24(33)35-13-3-12-34-15-8-6-14(7-9-15)26-17-5-2-4-16-20(17)23(32)28(22(16)31)18-10-11-19(29)27-21(18)30/h2,4-5,14-15,18,26H,3,6-13H2,1H3,(H,25,33)(H,27,29,30). The lowest BCUT2D eigenvalue weighted by atomic mass is 9.92. The van der Waals surface area contributed by atoms with E-state index in [1.54, 1.807) is 18.2 Å². The first kappa shape index (κ1) is 24.6. The molecule has 2 fully saturated rings. The van der Waals surface area contributed by atoms with Crippen molar-refractivity contribution in [1.29, 1.82) is 0 Å². The number of carbonyl (C=O) groups is 5. The largest absolute Gasteiger partial charge is 0.449 e. The van der Waals surface area contributed by atoms with E-state index < -0.39 is 35.8 Å². The van der Waals surface area contributed by atoms with Gasteiger partial charge in [0, 0.05) is 31.6 Å². The molecule has 35 heavy (non-hydrogen) atoms. The molecule has 2 aliphatic heterocycles. The fourth-order valence-electron chi connectivity index (χ4n) is 4.77. The Labute approximate surface area is 202 Å². The molecular formula is C24H30N4O7. The molecule has 1 atom stereocenters. The Morgan fingerprint density at radius 2 is 1.83 bits per heavy atom. The lowest BCUT2D eigenvalue weighted by Gasteiger charge is -2.30. The third-order valence-corrected chi connectivity index (χ3v) is 6.58. The normalized spacial score (nSPS) is 24.1. The third-order valence-electron chi connectivity index (χ3n) is 6.58. The molecule has 0 radical (unpaired) electrons. The lowest BCUT2D eigenvalue weighted by molar-refractivity contribution is -0.136. The van der Waals surface area contributed by atoms with E-state index in [-0.39, 0.29) is 36.1 Å². The van der Waals surface area contributed by atoms with Crippen molar-refractivity contribution in [2.24, 2.45) is 0 Å². The van der Waals surface area contributed by atoms with E-state index >= 15 is 0 Å². The van der Waals surface area contributed by atoms with Gasteiger partial charge in [0.15, 0.2) is 0 Å². The van der Waals surface area contributed by atoms with Gasteiger partial charge in [0.05, 0.1) is 30.4 Å². The Bertz CT molecular complexity index is 1020. The van der Waals surface area contributed by atoms with Crippen LogP contribution in [0.15, 0.2) is 18.2 Å². The quantitative estimate of drug-likeness (QED) is 0.371. The average molecular weight is 487 g/mol. The van der Waals surface area contributed by atoms with E-state index in [0.29, 0.717) is 25.3 Å². The molecule has 1 aromatic rings. The van der Waals surface area contributed by atoms with E-state index in [4.69, 9.17) is 9.47 Å². The smallest absolute Gasteiger partial charge is 0.406 e. The van der Waals surface area contributed by atoms with Crippen LogP contribution in [0.4, 0.5) is 10.5 Å². The number of alkyl carbamates (subject to hydrolysis) is 1. The second-order valence-corrected chi connectivity index (χ2v) is 8.90. The van der Waals surface area contributed by atoms with Crippen LogP contribution in [0.5, 0.6) is 0 Å².